The number of amides is 2. The highest BCUT2D eigenvalue weighted by Gasteiger charge is 2.21. The van der Waals surface area contributed by atoms with E-state index in [0.29, 0.717) is 10.6 Å². The van der Waals surface area contributed by atoms with Gasteiger partial charge in [-0.2, -0.15) is 5.10 Å². The molecule has 0 bridgehead atoms. The molecule has 3 unspecified atom stereocenters. The fraction of sp³-hybridized carbons (Fsp3) is 0.400. The number of aromatic nitrogens is 2. The Morgan fingerprint density at radius 2 is 2.09 bits per heavy atom. The summed E-state index contributed by atoms with van der Waals surface area (Å²) >= 11 is 1.27. The largest absolute Gasteiger partial charge is 0.366 e. The van der Waals surface area contributed by atoms with Crippen LogP contribution in [-0.4, -0.2) is 33.7 Å². The van der Waals surface area contributed by atoms with Gasteiger partial charge in [0.25, 0.3) is 5.91 Å². The van der Waals surface area contributed by atoms with E-state index in [1.807, 2.05) is 30.8 Å². The Bertz CT molecular complexity index is 667. The van der Waals surface area contributed by atoms with Crippen LogP contribution in [0.2, 0.25) is 0 Å². The molecule has 2 heterocycles. The smallest absolute Gasteiger partial charge is 0.251 e. The van der Waals surface area contributed by atoms with Crippen molar-refractivity contribution in [3.05, 3.63) is 35.5 Å². The van der Waals surface area contributed by atoms with E-state index >= 15 is 0 Å². The van der Waals surface area contributed by atoms with Gasteiger partial charge >= 0.3 is 0 Å². The second-order valence-electron chi connectivity index (χ2n) is 5.42. The fourth-order valence-corrected chi connectivity index (χ4v) is 2.98. The number of carbonyl (C=O) groups is 2. The van der Waals surface area contributed by atoms with Crippen LogP contribution in [0.1, 0.15) is 37.2 Å². The fourth-order valence-electron chi connectivity index (χ4n) is 2.18. The first-order chi connectivity index (χ1) is 10.9. The van der Waals surface area contributed by atoms with E-state index in [4.69, 9.17) is 5.73 Å². The molecule has 0 aliphatic heterocycles. The Labute approximate surface area is 138 Å². The van der Waals surface area contributed by atoms with Crippen molar-refractivity contribution in [2.75, 3.05) is 5.32 Å². The van der Waals surface area contributed by atoms with Gasteiger partial charge in [-0.1, -0.05) is 0 Å². The predicted molar refractivity (Wildman–Crippen MR) is 90.5 cm³/mol. The molecule has 0 radical (unpaired) electrons. The number of primary amides is 1. The minimum Gasteiger partial charge on any atom is -0.366 e. The second kappa shape index (κ2) is 7.38. The Morgan fingerprint density at radius 1 is 1.35 bits per heavy atom. The van der Waals surface area contributed by atoms with Crippen molar-refractivity contribution in [1.29, 1.82) is 0 Å². The van der Waals surface area contributed by atoms with Gasteiger partial charge in [-0.3, -0.25) is 14.3 Å². The van der Waals surface area contributed by atoms with E-state index in [0.717, 1.165) is 0 Å². The highest BCUT2D eigenvalue weighted by atomic mass is 32.1. The van der Waals surface area contributed by atoms with Crippen LogP contribution >= 0.6 is 11.3 Å². The average molecular weight is 335 g/mol. The molecular weight excluding hydrogens is 314 g/mol. The van der Waals surface area contributed by atoms with Crippen molar-refractivity contribution in [2.24, 2.45) is 5.73 Å². The number of nitrogens with one attached hydrogen (secondary N) is 2. The maximum Gasteiger partial charge on any atom is 0.251 e. The molecule has 124 valence electrons. The van der Waals surface area contributed by atoms with E-state index in [1.54, 1.807) is 24.6 Å². The first kappa shape index (κ1) is 17.2. The molecule has 0 fully saturated rings. The number of anilines is 1. The summed E-state index contributed by atoms with van der Waals surface area (Å²) in [6.07, 6.45) is 3.61. The number of hydrogen-bond acceptors (Lipinski definition) is 5. The van der Waals surface area contributed by atoms with Crippen LogP contribution in [0.25, 0.3) is 0 Å². The first-order valence-corrected chi connectivity index (χ1v) is 8.21. The zero-order valence-corrected chi connectivity index (χ0v) is 14.1. The number of rotatable bonds is 7. The van der Waals surface area contributed by atoms with Gasteiger partial charge in [-0.25, -0.2) is 0 Å². The lowest BCUT2D eigenvalue weighted by Gasteiger charge is -2.25. The van der Waals surface area contributed by atoms with Gasteiger partial charge in [-0.15, -0.1) is 11.3 Å². The molecule has 8 heteroatoms. The highest BCUT2D eigenvalue weighted by Crippen LogP contribution is 2.22. The van der Waals surface area contributed by atoms with Crippen LogP contribution in [0.15, 0.2) is 29.9 Å². The van der Waals surface area contributed by atoms with Crippen molar-refractivity contribution >= 4 is 28.2 Å². The third-order valence-electron chi connectivity index (χ3n) is 3.74. The summed E-state index contributed by atoms with van der Waals surface area (Å²) in [5.41, 5.74) is 5.60. The minimum absolute atomic E-state index is 0.0367. The first-order valence-electron chi connectivity index (χ1n) is 7.33. The average Bonchev–Trinajstić information content (AvgIpc) is 3.17. The third kappa shape index (κ3) is 4.17. The quantitative estimate of drug-likeness (QED) is 0.715. The number of nitrogens with zero attached hydrogens (tertiary/aromatic N) is 2. The minimum atomic E-state index is -0.553. The second-order valence-corrected chi connectivity index (χ2v) is 6.34. The van der Waals surface area contributed by atoms with E-state index < -0.39 is 11.9 Å². The van der Waals surface area contributed by atoms with Crippen LogP contribution in [-0.2, 0) is 4.79 Å². The molecule has 0 spiro atoms. The van der Waals surface area contributed by atoms with E-state index in [2.05, 4.69) is 15.7 Å². The van der Waals surface area contributed by atoms with Crippen molar-refractivity contribution in [2.45, 2.75) is 38.9 Å². The summed E-state index contributed by atoms with van der Waals surface area (Å²) in [7, 11) is 0. The number of carbonyl (C=O) groups excluding carboxylic acids is 2. The maximum atomic E-state index is 12.3. The molecular formula is C15H21N5O2S. The normalized spacial score (nSPS) is 14.9. The standard InChI is InChI=1S/C15H21N5O2S/c1-9(11(3)20-7-4-6-17-20)18-10(2)14(22)19-15-12(13(16)21)5-8-23-15/h4-11,18H,1-3H3,(H2,16,21)(H,19,22). The zero-order chi connectivity index (χ0) is 17.0. The lowest BCUT2D eigenvalue weighted by atomic mass is 10.1. The third-order valence-corrected chi connectivity index (χ3v) is 4.57. The summed E-state index contributed by atoms with van der Waals surface area (Å²) in [5, 5.41) is 12.4. The highest BCUT2D eigenvalue weighted by molar-refractivity contribution is 7.14. The van der Waals surface area contributed by atoms with E-state index in [9.17, 15) is 9.59 Å². The molecule has 0 aliphatic carbocycles. The van der Waals surface area contributed by atoms with Crippen molar-refractivity contribution < 1.29 is 9.59 Å². The molecule has 7 nitrogen and oxygen atoms in total. The SMILES string of the molecule is CC(NC(C)C(C)n1cccn1)C(=O)Nc1sccc1C(N)=O. The van der Waals surface area contributed by atoms with Crippen molar-refractivity contribution in [3.63, 3.8) is 0 Å². The summed E-state index contributed by atoms with van der Waals surface area (Å²) in [5.74, 6) is -0.766. The topological polar surface area (TPSA) is 102 Å². The van der Waals surface area contributed by atoms with Gasteiger partial charge in [0.1, 0.15) is 5.00 Å². The Hall–Kier alpha value is -2.19. The van der Waals surface area contributed by atoms with E-state index in [-0.39, 0.29) is 18.0 Å². The molecule has 2 aromatic heterocycles. The molecule has 2 amide bonds. The Kier molecular flexibility index (Phi) is 5.51. The van der Waals surface area contributed by atoms with Crippen LogP contribution in [0.3, 0.4) is 0 Å². The van der Waals surface area contributed by atoms with E-state index in [1.165, 1.54) is 11.3 Å². The molecule has 2 rings (SSSR count). The molecule has 0 saturated carbocycles. The molecule has 2 aromatic rings. The Balaban J connectivity index is 1.94. The Morgan fingerprint density at radius 3 is 2.70 bits per heavy atom. The maximum absolute atomic E-state index is 12.3. The molecule has 0 aliphatic rings. The van der Waals surface area contributed by atoms with Gasteiger partial charge in [-0.05, 0) is 38.3 Å². The summed E-state index contributed by atoms with van der Waals surface area (Å²) in [4.78, 5) is 23.6. The van der Waals surface area contributed by atoms with Gasteiger partial charge in [0, 0.05) is 18.4 Å². The van der Waals surface area contributed by atoms with Gasteiger partial charge in [0.2, 0.25) is 5.91 Å². The molecule has 0 saturated heterocycles. The predicted octanol–water partition coefficient (Wildman–Crippen LogP) is 1.61. The van der Waals surface area contributed by atoms with Crippen LogP contribution in [0.5, 0.6) is 0 Å². The number of thiophene rings is 1. The summed E-state index contributed by atoms with van der Waals surface area (Å²) in [6, 6.07) is 3.17. The van der Waals surface area contributed by atoms with Crippen molar-refractivity contribution in [1.82, 2.24) is 15.1 Å². The van der Waals surface area contributed by atoms with Gasteiger partial charge < -0.3 is 16.4 Å². The molecule has 4 N–H and O–H groups in total. The molecule has 3 atom stereocenters. The summed E-state index contributed by atoms with van der Waals surface area (Å²) < 4.78 is 1.84. The molecule has 23 heavy (non-hydrogen) atoms. The lowest BCUT2D eigenvalue weighted by molar-refractivity contribution is -0.118. The summed E-state index contributed by atoms with van der Waals surface area (Å²) in [6.45, 7) is 5.80. The number of nitrogens with two attached hydrogens (primary N) is 1. The van der Waals surface area contributed by atoms with Gasteiger partial charge in [0.15, 0.2) is 0 Å². The number of hydrogen-bond donors (Lipinski definition) is 3. The van der Waals surface area contributed by atoms with Crippen LogP contribution < -0.4 is 16.4 Å². The monoisotopic (exact) mass is 335 g/mol. The molecule has 0 aromatic carbocycles. The van der Waals surface area contributed by atoms with Crippen LogP contribution in [0.4, 0.5) is 5.00 Å². The van der Waals surface area contributed by atoms with Gasteiger partial charge in [0.05, 0.1) is 17.6 Å². The van der Waals surface area contributed by atoms with Crippen molar-refractivity contribution in [3.8, 4) is 0 Å². The van der Waals surface area contributed by atoms with Crippen LogP contribution in [0, 0.1) is 0 Å². The zero-order valence-electron chi connectivity index (χ0n) is 13.3. The lowest BCUT2D eigenvalue weighted by Crippen LogP contribution is -2.45.